The summed E-state index contributed by atoms with van der Waals surface area (Å²) in [7, 11) is 1.37. The Morgan fingerprint density at radius 2 is 2.14 bits per heavy atom. The fourth-order valence-corrected chi connectivity index (χ4v) is 1.78. The van der Waals surface area contributed by atoms with Crippen molar-refractivity contribution >= 4 is 11.7 Å². The molecule has 0 saturated heterocycles. The predicted octanol–water partition coefficient (Wildman–Crippen LogP) is 3.38. The Kier molecular flexibility index (Phi) is 5.89. The van der Waals surface area contributed by atoms with E-state index in [0.29, 0.717) is 0 Å². The van der Waals surface area contributed by atoms with Gasteiger partial charge >= 0.3 is 12.2 Å². The van der Waals surface area contributed by atoms with E-state index >= 15 is 0 Å². The molecule has 0 bridgehead atoms. The molecule has 1 rings (SSSR count). The molecule has 5 nitrogen and oxygen atoms in total. The minimum Gasteiger partial charge on any atom is -0.334 e. The van der Waals surface area contributed by atoms with Crippen LogP contribution in [0.2, 0.25) is 0 Å². The number of halogens is 5. The molecule has 22 heavy (non-hydrogen) atoms. The van der Waals surface area contributed by atoms with Gasteiger partial charge in [-0.2, -0.15) is 18.3 Å². The number of anilines is 1. The van der Waals surface area contributed by atoms with Crippen molar-refractivity contribution < 1.29 is 26.7 Å². The van der Waals surface area contributed by atoms with Crippen LogP contribution in [0.15, 0.2) is 18.9 Å². The highest BCUT2D eigenvalue weighted by molar-refractivity contribution is 5.90. The number of carbonyl (C=O) groups excluding carboxylic acids is 1. The molecule has 10 heteroatoms. The van der Waals surface area contributed by atoms with Crippen molar-refractivity contribution in [3.8, 4) is 0 Å². The van der Waals surface area contributed by atoms with E-state index < -0.39 is 36.8 Å². The van der Waals surface area contributed by atoms with Crippen LogP contribution in [0.25, 0.3) is 0 Å². The lowest BCUT2D eigenvalue weighted by molar-refractivity contribution is -0.139. The third kappa shape index (κ3) is 5.70. The molecular formula is C12H15F5N4O. The molecule has 0 aromatic carbocycles. The highest BCUT2D eigenvalue weighted by atomic mass is 19.4. The minimum absolute atomic E-state index is 0.109. The molecule has 0 spiro atoms. The maximum Gasteiger partial charge on any atom is 0.391 e. The Balaban J connectivity index is 2.73. The zero-order valence-corrected chi connectivity index (χ0v) is 11.6. The monoisotopic (exact) mass is 326 g/mol. The second kappa shape index (κ2) is 7.23. The maximum atomic E-state index is 12.7. The number of rotatable bonds is 6. The normalized spacial score (nSPS) is 13.0. The summed E-state index contributed by atoms with van der Waals surface area (Å²) in [5, 5.41) is 7.61. The Bertz CT molecular complexity index is 526. The molecule has 2 amide bonds. The molecule has 124 valence electrons. The van der Waals surface area contributed by atoms with Crippen molar-refractivity contribution in [3.05, 3.63) is 24.5 Å². The van der Waals surface area contributed by atoms with Gasteiger partial charge in [0.25, 0.3) is 6.43 Å². The summed E-state index contributed by atoms with van der Waals surface area (Å²) < 4.78 is 63.5. The smallest absolute Gasteiger partial charge is 0.334 e. The highest BCUT2D eigenvalue weighted by Crippen LogP contribution is 2.25. The zero-order valence-electron chi connectivity index (χ0n) is 11.6. The molecule has 2 N–H and O–H groups in total. The van der Waals surface area contributed by atoms with Gasteiger partial charge in [-0.1, -0.05) is 6.08 Å². The fourth-order valence-electron chi connectivity index (χ4n) is 1.78. The molecule has 0 aliphatic rings. The van der Waals surface area contributed by atoms with E-state index in [2.05, 4.69) is 22.3 Å². The van der Waals surface area contributed by atoms with Gasteiger partial charge in [0, 0.05) is 19.3 Å². The first-order valence-corrected chi connectivity index (χ1v) is 6.19. The van der Waals surface area contributed by atoms with Crippen molar-refractivity contribution in [2.24, 2.45) is 7.05 Å². The number of urea groups is 1. The van der Waals surface area contributed by atoms with Crippen LogP contribution < -0.4 is 10.6 Å². The maximum absolute atomic E-state index is 12.7. The topological polar surface area (TPSA) is 59.0 Å². The zero-order chi connectivity index (χ0) is 16.9. The number of nitrogens with one attached hydrogen (secondary N) is 2. The average Bonchev–Trinajstić information content (AvgIpc) is 2.68. The van der Waals surface area contributed by atoms with E-state index in [-0.39, 0.29) is 12.1 Å². The molecule has 1 atom stereocenters. The minimum atomic E-state index is -4.47. The number of hydrogen-bond acceptors (Lipinski definition) is 2. The van der Waals surface area contributed by atoms with Gasteiger partial charge in [0.05, 0.1) is 12.1 Å². The summed E-state index contributed by atoms with van der Waals surface area (Å²) in [6.07, 6.45) is -6.39. The lowest BCUT2D eigenvalue weighted by Crippen LogP contribution is -2.40. The Hall–Kier alpha value is -2.13. The van der Waals surface area contributed by atoms with Gasteiger partial charge in [-0.25, -0.2) is 13.6 Å². The van der Waals surface area contributed by atoms with Crippen LogP contribution in [-0.4, -0.2) is 28.0 Å². The summed E-state index contributed by atoms with van der Waals surface area (Å²) in [5.74, 6) is 0. The van der Waals surface area contributed by atoms with Gasteiger partial charge in [0.15, 0.2) is 5.69 Å². The van der Waals surface area contributed by atoms with Crippen LogP contribution in [0.5, 0.6) is 0 Å². The Morgan fingerprint density at radius 3 is 2.64 bits per heavy atom. The lowest BCUT2D eigenvalue weighted by atomic mass is 10.1. The summed E-state index contributed by atoms with van der Waals surface area (Å²) in [6.45, 7) is 3.31. The first-order chi connectivity index (χ1) is 10.1. The van der Waals surface area contributed by atoms with E-state index in [9.17, 15) is 26.7 Å². The number of amides is 2. The number of aryl methyl sites for hydroxylation is 1. The summed E-state index contributed by atoms with van der Waals surface area (Å²) in [5.41, 5.74) is -0.923. The summed E-state index contributed by atoms with van der Waals surface area (Å²) in [4.78, 5) is 11.7. The second-order valence-corrected chi connectivity index (χ2v) is 4.54. The van der Waals surface area contributed by atoms with Crippen molar-refractivity contribution in [3.63, 3.8) is 0 Å². The van der Waals surface area contributed by atoms with Crippen LogP contribution in [0.4, 0.5) is 32.4 Å². The van der Waals surface area contributed by atoms with Gasteiger partial charge < -0.3 is 10.6 Å². The fraction of sp³-hybridized carbons (Fsp3) is 0.500. The van der Waals surface area contributed by atoms with Crippen molar-refractivity contribution in [1.82, 2.24) is 15.1 Å². The van der Waals surface area contributed by atoms with Gasteiger partial charge in [0.2, 0.25) is 0 Å². The van der Waals surface area contributed by atoms with Crippen molar-refractivity contribution in [1.29, 1.82) is 0 Å². The molecule has 0 fully saturated rings. The van der Waals surface area contributed by atoms with E-state index in [0.717, 1.165) is 10.9 Å². The van der Waals surface area contributed by atoms with E-state index in [4.69, 9.17) is 0 Å². The number of nitrogens with zero attached hydrogens (tertiary/aromatic N) is 2. The summed E-state index contributed by atoms with van der Waals surface area (Å²) in [6, 6.07) is -2.25. The number of alkyl halides is 5. The first-order valence-electron chi connectivity index (χ1n) is 6.19. The molecule has 1 aromatic rings. The number of carbonyl (C=O) groups is 1. The van der Waals surface area contributed by atoms with E-state index in [1.165, 1.54) is 13.1 Å². The average molecular weight is 326 g/mol. The lowest BCUT2D eigenvalue weighted by Gasteiger charge is -2.19. The molecule has 0 aliphatic heterocycles. The van der Waals surface area contributed by atoms with E-state index in [1.54, 1.807) is 0 Å². The third-order valence-electron chi connectivity index (χ3n) is 2.58. The Labute approximate surface area is 123 Å². The van der Waals surface area contributed by atoms with Crippen LogP contribution in [0.1, 0.15) is 25.0 Å². The Morgan fingerprint density at radius 1 is 1.50 bits per heavy atom. The van der Waals surface area contributed by atoms with Gasteiger partial charge in [-0.05, 0) is 6.42 Å². The van der Waals surface area contributed by atoms with Crippen LogP contribution in [-0.2, 0) is 7.05 Å². The third-order valence-corrected chi connectivity index (χ3v) is 2.58. The summed E-state index contributed by atoms with van der Waals surface area (Å²) >= 11 is 0. The SMILES string of the molecule is C=CCC(CC(F)(F)F)NC(=O)Nc1cn(C)nc1C(F)F. The molecule has 0 radical (unpaired) electrons. The van der Waals surface area contributed by atoms with Crippen LogP contribution in [0.3, 0.4) is 0 Å². The molecular weight excluding hydrogens is 311 g/mol. The quantitative estimate of drug-likeness (QED) is 0.622. The van der Waals surface area contributed by atoms with E-state index in [1.807, 2.05) is 0 Å². The molecule has 1 heterocycles. The largest absolute Gasteiger partial charge is 0.391 e. The molecule has 1 unspecified atom stereocenters. The van der Waals surface area contributed by atoms with Crippen molar-refractivity contribution in [2.45, 2.75) is 31.5 Å². The number of hydrogen-bond donors (Lipinski definition) is 2. The van der Waals surface area contributed by atoms with Crippen molar-refractivity contribution in [2.75, 3.05) is 5.32 Å². The van der Waals surface area contributed by atoms with Crippen LogP contribution >= 0.6 is 0 Å². The second-order valence-electron chi connectivity index (χ2n) is 4.54. The van der Waals surface area contributed by atoms with Gasteiger partial charge in [-0.15, -0.1) is 6.58 Å². The number of aromatic nitrogens is 2. The van der Waals surface area contributed by atoms with Gasteiger partial charge in [0.1, 0.15) is 0 Å². The van der Waals surface area contributed by atoms with Gasteiger partial charge in [-0.3, -0.25) is 4.68 Å². The predicted molar refractivity (Wildman–Crippen MR) is 69.6 cm³/mol. The first kappa shape index (κ1) is 17.9. The molecule has 1 aromatic heterocycles. The molecule has 0 aliphatic carbocycles. The highest BCUT2D eigenvalue weighted by Gasteiger charge is 2.32. The molecule has 0 saturated carbocycles. The van der Waals surface area contributed by atoms with Crippen LogP contribution in [0, 0.1) is 0 Å². The standard InChI is InChI=1S/C12H15F5N4O/c1-3-4-7(5-12(15,16)17)18-11(22)19-8-6-21(2)20-9(8)10(13)14/h3,6-7,10H,1,4-5H2,2H3,(H2,18,19,22).